The summed E-state index contributed by atoms with van der Waals surface area (Å²) < 4.78 is 5.41. The number of morpholine rings is 1. The number of thiazole rings is 1. The zero-order valence-corrected chi connectivity index (χ0v) is 13.1. The molecule has 0 spiro atoms. The van der Waals surface area contributed by atoms with Gasteiger partial charge in [0.1, 0.15) is 0 Å². The molecule has 1 aromatic rings. The Hall–Kier alpha value is -0.650. The summed E-state index contributed by atoms with van der Waals surface area (Å²) in [4.78, 5) is 8.63. The summed E-state index contributed by atoms with van der Waals surface area (Å²) in [6.07, 6.45) is 1.07. The van der Waals surface area contributed by atoms with Crippen molar-refractivity contribution in [2.45, 2.75) is 33.7 Å². The Balaban J connectivity index is 2.12. The van der Waals surface area contributed by atoms with Crippen molar-refractivity contribution in [2.75, 3.05) is 37.7 Å². The lowest BCUT2D eigenvalue weighted by Crippen LogP contribution is -2.36. The van der Waals surface area contributed by atoms with Gasteiger partial charge in [0.25, 0.3) is 0 Å². The molecular weight excluding hydrogens is 258 g/mol. The fourth-order valence-electron chi connectivity index (χ4n) is 2.18. The first kappa shape index (κ1) is 14.8. The van der Waals surface area contributed by atoms with Gasteiger partial charge in [0.05, 0.1) is 18.9 Å². The van der Waals surface area contributed by atoms with Crippen molar-refractivity contribution in [3.63, 3.8) is 0 Å². The van der Waals surface area contributed by atoms with Gasteiger partial charge in [-0.1, -0.05) is 20.8 Å². The van der Waals surface area contributed by atoms with Crippen LogP contribution in [-0.4, -0.2) is 37.8 Å². The molecule has 1 N–H and O–H groups in total. The minimum Gasteiger partial charge on any atom is -0.378 e. The fourth-order valence-corrected chi connectivity index (χ4v) is 3.29. The lowest BCUT2D eigenvalue weighted by atomic mass is 10.1. The van der Waals surface area contributed by atoms with Crippen molar-refractivity contribution in [2.24, 2.45) is 5.92 Å². The van der Waals surface area contributed by atoms with Gasteiger partial charge in [0, 0.05) is 24.5 Å². The molecule has 0 saturated carbocycles. The predicted molar refractivity (Wildman–Crippen MR) is 81.1 cm³/mol. The molecule has 2 heterocycles. The van der Waals surface area contributed by atoms with Gasteiger partial charge in [-0.15, -0.1) is 11.3 Å². The topological polar surface area (TPSA) is 37.4 Å². The normalized spacial score (nSPS) is 16.3. The molecule has 4 nitrogen and oxygen atoms in total. The zero-order chi connectivity index (χ0) is 13.7. The number of anilines is 1. The average Bonchev–Trinajstić information content (AvgIpc) is 2.80. The Morgan fingerprint density at radius 1 is 1.37 bits per heavy atom. The van der Waals surface area contributed by atoms with E-state index < -0.39 is 0 Å². The first-order chi connectivity index (χ1) is 9.20. The van der Waals surface area contributed by atoms with Gasteiger partial charge in [-0.3, -0.25) is 0 Å². The van der Waals surface area contributed by atoms with Crippen LogP contribution >= 0.6 is 11.3 Å². The zero-order valence-electron chi connectivity index (χ0n) is 12.2. The monoisotopic (exact) mass is 283 g/mol. The third-order valence-corrected chi connectivity index (χ3v) is 4.34. The maximum atomic E-state index is 5.41. The van der Waals surface area contributed by atoms with E-state index in [-0.39, 0.29) is 0 Å². The quantitative estimate of drug-likeness (QED) is 0.869. The van der Waals surface area contributed by atoms with E-state index in [4.69, 9.17) is 9.72 Å². The molecular formula is C14H25N3OS. The summed E-state index contributed by atoms with van der Waals surface area (Å²) in [6, 6.07) is 0. The Morgan fingerprint density at radius 2 is 2.11 bits per heavy atom. The second-order valence-electron chi connectivity index (χ2n) is 5.34. The molecule has 0 bridgehead atoms. The highest BCUT2D eigenvalue weighted by molar-refractivity contribution is 7.15. The number of nitrogens with zero attached hydrogens (tertiary/aromatic N) is 2. The first-order valence-electron chi connectivity index (χ1n) is 7.22. The Labute approximate surface area is 120 Å². The highest BCUT2D eigenvalue weighted by Gasteiger charge is 2.18. The summed E-state index contributed by atoms with van der Waals surface area (Å²) in [5.74, 6) is 0.653. The first-order valence-corrected chi connectivity index (χ1v) is 8.04. The standard InChI is InChI=1S/C14H25N3OS/c1-4-15-10-13-12(9-11(2)3)16-14(19-13)17-5-7-18-8-6-17/h11,15H,4-10H2,1-3H3. The molecule has 0 amide bonds. The summed E-state index contributed by atoms with van der Waals surface area (Å²) in [6.45, 7) is 12.2. The van der Waals surface area contributed by atoms with Gasteiger partial charge in [0.2, 0.25) is 0 Å². The number of hydrogen-bond acceptors (Lipinski definition) is 5. The second kappa shape index (κ2) is 7.22. The minimum atomic E-state index is 0.653. The van der Waals surface area contributed by atoms with Gasteiger partial charge in [0.15, 0.2) is 5.13 Å². The van der Waals surface area contributed by atoms with Crippen LogP contribution in [0, 0.1) is 5.92 Å². The van der Waals surface area contributed by atoms with Crippen molar-refractivity contribution in [1.29, 1.82) is 0 Å². The van der Waals surface area contributed by atoms with Crippen molar-refractivity contribution in [3.05, 3.63) is 10.6 Å². The van der Waals surface area contributed by atoms with Crippen LogP contribution < -0.4 is 10.2 Å². The summed E-state index contributed by atoms with van der Waals surface area (Å²) >= 11 is 1.84. The molecule has 0 aliphatic carbocycles. The molecule has 1 aliphatic rings. The SMILES string of the molecule is CCNCc1sc(N2CCOCC2)nc1CC(C)C. The van der Waals surface area contributed by atoms with Gasteiger partial charge >= 0.3 is 0 Å². The molecule has 19 heavy (non-hydrogen) atoms. The van der Waals surface area contributed by atoms with Crippen LogP contribution in [0.2, 0.25) is 0 Å². The van der Waals surface area contributed by atoms with Crippen LogP contribution in [0.15, 0.2) is 0 Å². The molecule has 0 unspecified atom stereocenters. The van der Waals surface area contributed by atoms with Crippen LogP contribution in [-0.2, 0) is 17.7 Å². The summed E-state index contributed by atoms with van der Waals surface area (Å²) in [5, 5.41) is 4.59. The third kappa shape index (κ3) is 4.16. The lowest BCUT2D eigenvalue weighted by Gasteiger charge is -2.26. The van der Waals surface area contributed by atoms with Crippen molar-refractivity contribution in [3.8, 4) is 0 Å². The molecule has 1 fully saturated rings. The molecule has 0 aromatic carbocycles. The van der Waals surface area contributed by atoms with E-state index in [0.717, 1.165) is 45.8 Å². The maximum Gasteiger partial charge on any atom is 0.185 e. The van der Waals surface area contributed by atoms with Crippen molar-refractivity contribution < 1.29 is 4.74 Å². The van der Waals surface area contributed by atoms with E-state index in [0.29, 0.717) is 5.92 Å². The molecule has 1 saturated heterocycles. The molecule has 1 aliphatic heterocycles. The molecule has 108 valence electrons. The predicted octanol–water partition coefficient (Wildman–Crippen LogP) is 2.29. The Morgan fingerprint density at radius 3 is 2.74 bits per heavy atom. The molecule has 0 radical (unpaired) electrons. The summed E-state index contributed by atoms with van der Waals surface area (Å²) in [5.41, 5.74) is 1.28. The van der Waals surface area contributed by atoms with Crippen molar-refractivity contribution in [1.82, 2.24) is 10.3 Å². The van der Waals surface area contributed by atoms with Gasteiger partial charge < -0.3 is 15.0 Å². The smallest absolute Gasteiger partial charge is 0.185 e. The summed E-state index contributed by atoms with van der Waals surface area (Å²) in [7, 11) is 0. The number of hydrogen-bond donors (Lipinski definition) is 1. The van der Waals surface area contributed by atoms with Crippen LogP contribution in [0.25, 0.3) is 0 Å². The van der Waals surface area contributed by atoms with Gasteiger partial charge in [-0.2, -0.15) is 0 Å². The van der Waals surface area contributed by atoms with Crippen LogP contribution in [0.1, 0.15) is 31.3 Å². The van der Waals surface area contributed by atoms with E-state index >= 15 is 0 Å². The van der Waals surface area contributed by atoms with Gasteiger partial charge in [-0.25, -0.2) is 4.98 Å². The van der Waals surface area contributed by atoms with E-state index in [9.17, 15) is 0 Å². The Kier molecular flexibility index (Phi) is 5.60. The highest BCUT2D eigenvalue weighted by atomic mass is 32.1. The van der Waals surface area contributed by atoms with Crippen LogP contribution in [0.5, 0.6) is 0 Å². The highest BCUT2D eigenvalue weighted by Crippen LogP contribution is 2.28. The lowest BCUT2D eigenvalue weighted by molar-refractivity contribution is 0.122. The average molecular weight is 283 g/mol. The Bertz CT molecular complexity index is 386. The molecule has 5 heteroatoms. The van der Waals surface area contributed by atoms with Crippen molar-refractivity contribution >= 4 is 16.5 Å². The third-order valence-electron chi connectivity index (χ3n) is 3.19. The van der Waals surface area contributed by atoms with E-state index in [2.05, 4.69) is 31.0 Å². The maximum absolute atomic E-state index is 5.41. The van der Waals surface area contributed by atoms with Crippen LogP contribution in [0.3, 0.4) is 0 Å². The molecule has 1 aromatic heterocycles. The fraction of sp³-hybridized carbons (Fsp3) is 0.786. The minimum absolute atomic E-state index is 0.653. The number of rotatable bonds is 6. The number of nitrogens with one attached hydrogen (secondary N) is 1. The van der Waals surface area contributed by atoms with Crippen LogP contribution in [0.4, 0.5) is 5.13 Å². The number of ether oxygens (including phenoxy) is 1. The van der Waals surface area contributed by atoms with E-state index in [1.165, 1.54) is 15.7 Å². The molecule has 0 atom stereocenters. The molecule has 2 rings (SSSR count). The second-order valence-corrected chi connectivity index (χ2v) is 6.41. The largest absolute Gasteiger partial charge is 0.378 e. The van der Waals surface area contributed by atoms with E-state index in [1.54, 1.807) is 0 Å². The number of aromatic nitrogens is 1. The van der Waals surface area contributed by atoms with Gasteiger partial charge in [-0.05, 0) is 18.9 Å². The van der Waals surface area contributed by atoms with E-state index in [1.807, 2.05) is 11.3 Å².